The number of hydrogen-bond acceptors (Lipinski definition) is 6. The highest BCUT2D eigenvalue weighted by Gasteiger charge is 2.25. The second-order valence-corrected chi connectivity index (χ2v) is 8.44. The molecular formula is C22H26N6O2S. The molecular weight excluding hydrogens is 412 g/mol. The Bertz CT molecular complexity index is 1240. The summed E-state index contributed by atoms with van der Waals surface area (Å²) in [5.74, 6) is 0.589. The van der Waals surface area contributed by atoms with Gasteiger partial charge in [0, 0.05) is 19.3 Å². The van der Waals surface area contributed by atoms with Gasteiger partial charge >= 0.3 is 0 Å². The van der Waals surface area contributed by atoms with E-state index in [1.165, 1.54) is 11.3 Å². The van der Waals surface area contributed by atoms with E-state index in [0.717, 1.165) is 33.0 Å². The molecule has 0 N–H and O–H groups in total. The van der Waals surface area contributed by atoms with Gasteiger partial charge in [-0.1, -0.05) is 17.4 Å². The summed E-state index contributed by atoms with van der Waals surface area (Å²) in [6.07, 6.45) is 0. The third kappa shape index (κ3) is 4.18. The molecule has 8 nitrogen and oxygen atoms in total. The first kappa shape index (κ1) is 21.0. The van der Waals surface area contributed by atoms with Crippen LogP contribution in [0.3, 0.4) is 0 Å². The number of aromatic nitrogens is 5. The van der Waals surface area contributed by atoms with Crippen molar-refractivity contribution in [1.29, 1.82) is 0 Å². The van der Waals surface area contributed by atoms with E-state index in [4.69, 9.17) is 9.72 Å². The Morgan fingerprint density at radius 2 is 1.94 bits per heavy atom. The number of para-hydroxylation sites is 1. The van der Waals surface area contributed by atoms with E-state index in [9.17, 15) is 4.79 Å². The van der Waals surface area contributed by atoms with Crippen molar-refractivity contribution in [2.45, 2.75) is 34.2 Å². The first-order valence-corrected chi connectivity index (χ1v) is 11.0. The minimum Gasteiger partial charge on any atom is -0.492 e. The quantitative estimate of drug-likeness (QED) is 0.437. The van der Waals surface area contributed by atoms with Gasteiger partial charge in [0.2, 0.25) is 0 Å². The monoisotopic (exact) mass is 438 g/mol. The van der Waals surface area contributed by atoms with Crippen LogP contribution in [-0.4, -0.2) is 43.6 Å². The van der Waals surface area contributed by atoms with Gasteiger partial charge in [-0.25, -0.2) is 4.98 Å². The first-order valence-electron chi connectivity index (χ1n) is 10.2. The zero-order valence-electron chi connectivity index (χ0n) is 18.4. The van der Waals surface area contributed by atoms with Gasteiger partial charge in [0.1, 0.15) is 17.0 Å². The molecule has 0 bridgehead atoms. The van der Waals surface area contributed by atoms with E-state index in [0.29, 0.717) is 30.5 Å². The Balaban J connectivity index is 1.73. The second-order valence-electron chi connectivity index (χ2n) is 7.43. The maximum absolute atomic E-state index is 13.5. The number of carbonyl (C=O) groups excluding carboxylic acids is 1. The van der Waals surface area contributed by atoms with Crippen LogP contribution in [0.2, 0.25) is 0 Å². The molecule has 3 heterocycles. The highest BCUT2D eigenvalue weighted by molar-refractivity contribution is 7.22. The molecule has 0 aliphatic carbocycles. The molecule has 0 saturated carbocycles. The average Bonchev–Trinajstić information content (AvgIpc) is 3.39. The van der Waals surface area contributed by atoms with Crippen LogP contribution < -0.4 is 9.64 Å². The van der Waals surface area contributed by atoms with Crippen LogP contribution in [0.4, 0.5) is 5.13 Å². The zero-order valence-corrected chi connectivity index (χ0v) is 19.2. The molecule has 4 aromatic rings. The Kier molecular flexibility index (Phi) is 5.77. The lowest BCUT2D eigenvalue weighted by Gasteiger charge is -2.20. The summed E-state index contributed by atoms with van der Waals surface area (Å²) in [7, 11) is 1.78. The van der Waals surface area contributed by atoms with Crippen molar-refractivity contribution in [2.75, 3.05) is 18.1 Å². The summed E-state index contributed by atoms with van der Waals surface area (Å²) in [5.41, 5.74) is 4.11. The van der Waals surface area contributed by atoms with E-state index in [1.54, 1.807) is 22.7 Å². The molecule has 0 unspecified atom stereocenters. The molecule has 3 aromatic heterocycles. The lowest BCUT2D eigenvalue weighted by molar-refractivity contribution is 0.0976. The van der Waals surface area contributed by atoms with Crippen molar-refractivity contribution in [3.8, 4) is 5.75 Å². The van der Waals surface area contributed by atoms with Crippen molar-refractivity contribution in [3.05, 3.63) is 53.1 Å². The van der Waals surface area contributed by atoms with E-state index in [-0.39, 0.29) is 5.91 Å². The van der Waals surface area contributed by atoms with Crippen molar-refractivity contribution >= 4 is 32.6 Å². The van der Waals surface area contributed by atoms with Crippen molar-refractivity contribution in [2.24, 2.45) is 7.05 Å². The van der Waals surface area contributed by atoms with Gasteiger partial charge < -0.3 is 4.74 Å². The number of aryl methyl sites for hydroxylation is 4. The molecule has 9 heteroatoms. The van der Waals surface area contributed by atoms with Crippen LogP contribution in [0.1, 0.15) is 34.5 Å². The van der Waals surface area contributed by atoms with Gasteiger partial charge in [-0.05, 0) is 52.0 Å². The van der Waals surface area contributed by atoms with Crippen LogP contribution in [0.15, 0.2) is 30.3 Å². The molecule has 1 aromatic carbocycles. The van der Waals surface area contributed by atoms with Crippen LogP contribution in [-0.2, 0) is 13.6 Å². The van der Waals surface area contributed by atoms with Gasteiger partial charge in [0.05, 0.1) is 29.2 Å². The molecule has 0 radical (unpaired) electrons. The number of thiazole rings is 1. The Labute approximate surface area is 185 Å². The van der Waals surface area contributed by atoms with Crippen molar-refractivity contribution in [1.82, 2.24) is 24.5 Å². The third-order valence-electron chi connectivity index (χ3n) is 5.01. The van der Waals surface area contributed by atoms with E-state index < -0.39 is 0 Å². The second kappa shape index (κ2) is 8.50. The number of anilines is 1. The fraction of sp³-hybridized carbons (Fsp3) is 0.364. The number of hydrogen-bond donors (Lipinski definition) is 0. The molecule has 162 valence electrons. The minimum absolute atomic E-state index is 0.137. The summed E-state index contributed by atoms with van der Waals surface area (Å²) < 4.78 is 10.3. The summed E-state index contributed by atoms with van der Waals surface area (Å²) in [4.78, 5) is 20.1. The fourth-order valence-corrected chi connectivity index (χ4v) is 4.64. The number of carbonyl (C=O) groups is 1. The Morgan fingerprint density at radius 3 is 2.58 bits per heavy atom. The SMILES string of the molecule is CCOc1cccc2sc(N(CCn3nc(C)cc3C)C(=O)c3cc(C)nn3C)nc12. The molecule has 4 rings (SSSR count). The number of ether oxygens (including phenoxy) is 1. The molecule has 0 fully saturated rings. The molecule has 31 heavy (non-hydrogen) atoms. The number of nitrogens with zero attached hydrogens (tertiary/aromatic N) is 6. The van der Waals surface area contributed by atoms with Crippen LogP contribution >= 0.6 is 11.3 Å². The summed E-state index contributed by atoms with van der Waals surface area (Å²) in [6, 6.07) is 9.68. The third-order valence-corrected chi connectivity index (χ3v) is 6.05. The average molecular weight is 439 g/mol. The van der Waals surface area contributed by atoms with Gasteiger partial charge in [-0.15, -0.1) is 0 Å². The Morgan fingerprint density at radius 1 is 1.16 bits per heavy atom. The number of amides is 1. The predicted molar refractivity (Wildman–Crippen MR) is 122 cm³/mol. The van der Waals surface area contributed by atoms with E-state index in [1.807, 2.05) is 56.6 Å². The molecule has 0 spiro atoms. The largest absolute Gasteiger partial charge is 0.492 e. The maximum Gasteiger partial charge on any atom is 0.278 e. The summed E-state index contributed by atoms with van der Waals surface area (Å²) >= 11 is 1.48. The Hall–Kier alpha value is -3.20. The highest BCUT2D eigenvalue weighted by Crippen LogP contribution is 2.34. The number of fused-ring (bicyclic) bond motifs is 1. The van der Waals surface area contributed by atoms with Gasteiger partial charge in [0.25, 0.3) is 5.91 Å². The predicted octanol–water partition coefficient (Wildman–Crippen LogP) is 3.90. The smallest absolute Gasteiger partial charge is 0.278 e. The first-order chi connectivity index (χ1) is 14.9. The van der Waals surface area contributed by atoms with Crippen LogP contribution in [0.25, 0.3) is 10.2 Å². The van der Waals surface area contributed by atoms with Gasteiger partial charge in [-0.2, -0.15) is 10.2 Å². The summed E-state index contributed by atoms with van der Waals surface area (Å²) in [5, 5.41) is 9.51. The molecule has 0 aliphatic rings. The van der Waals surface area contributed by atoms with Crippen LogP contribution in [0, 0.1) is 20.8 Å². The molecule has 0 aliphatic heterocycles. The molecule has 0 atom stereocenters. The number of benzene rings is 1. The lowest BCUT2D eigenvalue weighted by Crippen LogP contribution is -2.35. The lowest BCUT2D eigenvalue weighted by atomic mass is 10.3. The minimum atomic E-state index is -0.137. The molecule has 0 saturated heterocycles. The highest BCUT2D eigenvalue weighted by atomic mass is 32.1. The standard InChI is InChI=1S/C22H26N6O2S/c1-6-30-18-8-7-9-19-20(18)23-22(31-19)27(10-11-28-16(4)12-14(2)25-28)21(29)17-13-15(3)24-26(17)5/h7-9,12-13H,6,10-11H2,1-5H3. The van der Waals surface area contributed by atoms with Crippen LogP contribution in [0.5, 0.6) is 5.75 Å². The van der Waals surface area contributed by atoms with Gasteiger partial charge in [-0.3, -0.25) is 19.1 Å². The zero-order chi connectivity index (χ0) is 22.1. The van der Waals surface area contributed by atoms with Crippen molar-refractivity contribution in [3.63, 3.8) is 0 Å². The van der Waals surface area contributed by atoms with Crippen molar-refractivity contribution < 1.29 is 9.53 Å². The normalized spacial score (nSPS) is 11.3. The molecule has 1 amide bonds. The maximum atomic E-state index is 13.5. The topological polar surface area (TPSA) is 78.1 Å². The fourth-order valence-electron chi connectivity index (χ4n) is 3.63. The van der Waals surface area contributed by atoms with E-state index in [2.05, 4.69) is 10.2 Å². The summed E-state index contributed by atoms with van der Waals surface area (Å²) in [6.45, 7) is 9.37. The van der Waals surface area contributed by atoms with E-state index >= 15 is 0 Å². The van der Waals surface area contributed by atoms with Gasteiger partial charge in [0.15, 0.2) is 5.13 Å². The number of rotatable bonds is 7.